The van der Waals surface area contributed by atoms with Crippen LogP contribution in [0.3, 0.4) is 0 Å². The summed E-state index contributed by atoms with van der Waals surface area (Å²) in [6.07, 6.45) is 0.686. The molecule has 0 bridgehead atoms. The van der Waals surface area contributed by atoms with Gasteiger partial charge in [-0.1, -0.05) is 13.8 Å². The molecule has 26 heavy (non-hydrogen) atoms. The summed E-state index contributed by atoms with van der Waals surface area (Å²) in [5.41, 5.74) is -0.321. The van der Waals surface area contributed by atoms with E-state index < -0.39 is 23.1 Å². The normalized spacial score (nSPS) is 9.00. The van der Waals surface area contributed by atoms with Crippen molar-refractivity contribution < 1.29 is 38.1 Å². The zero-order valence-electron chi connectivity index (χ0n) is 14.7. The van der Waals surface area contributed by atoms with E-state index in [1.54, 1.807) is 0 Å². The van der Waals surface area contributed by atoms with Crippen molar-refractivity contribution in [3.63, 3.8) is 0 Å². The number of carbonyl (C=O) groups excluding carboxylic acids is 2. The molecule has 0 radical (unpaired) electrons. The predicted molar refractivity (Wildman–Crippen MR) is 91.4 cm³/mol. The van der Waals surface area contributed by atoms with Crippen LogP contribution >= 0.6 is 0 Å². The standard InChI is InChI=1S/C9H9FO3.C7H5FO3.C2H6/c1-12-8-3-6(5-11)7(10)4-9(8)13-2;8-5-2-7(11)6(10)1-4(5)3-9;1-2/h3-5H,1-2H3;1-3,10-11H;1-2H3. The van der Waals surface area contributed by atoms with Crippen molar-refractivity contribution in [2.75, 3.05) is 14.2 Å². The predicted octanol–water partition coefficient (Wildman–Crippen LogP) is 3.73. The molecule has 0 unspecified atom stereocenters. The number of hydrogen-bond donors (Lipinski definition) is 2. The van der Waals surface area contributed by atoms with Crippen LogP contribution in [-0.2, 0) is 0 Å². The summed E-state index contributed by atoms with van der Waals surface area (Å²) in [5, 5.41) is 17.5. The Morgan fingerprint density at radius 2 is 1.15 bits per heavy atom. The Labute approximate surface area is 149 Å². The fraction of sp³-hybridized carbons (Fsp3) is 0.222. The number of rotatable bonds is 4. The van der Waals surface area contributed by atoms with Crippen molar-refractivity contribution in [1.29, 1.82) is 0 Å². The summed E-state index contributed by atoms with van der Waals surface area (Å²) < 4.78 is 35.2. The second-order valence-corrected chi connectivity index (χ2v) is 4.33. The number of aldehydes is 2. The highest BCUT2D eigenvalue weighted by atomic mass is 19.1. The van der Waals surface area contributed by atoms with Crippen LogP contribution in [0.25, 0.3) is 0 Å². The number of aromatic hydroxyl groups is 2. The lowest BCUT2D eigenvalue weighted by atomic mass is 10.2. The van der Waals surface area contributed by atoms with E-state index in [-0.39, 0.29) is 23.2 Å². The molecule has 0 fully saturated rings. The topological polar surface area (TPSA) is 93.1 Å². The zero-order valence-corrected chi connectivity index (χ0v) is 14.7. The van der Waals surface area contributed by atoms with Gasteiger partial charge in [0, 0.05) is 12.1 Å². The maximum absolute atomic E-state index is 13.0. The van der Waals surface area contributed by atoms with Crippen molar-refractivity contribution in [2.24, 2.45) is 0 Å². The third-order valence-electron chi connectivity index (χ3n) is 2.85. The SMILES string of the molecule is CC.COc1cc(F)c(C=O)cc1OC.O=Cc1cc(O)c(O)cc1F. The summed E-state index contributed by atoms with van der Waals surface area (Å²) in [7, 11) is 2.82. The first kappa shape index (κ1) is 22.8. The van der Waals surface area contributed by atoms with Gasteiger partial charge < -0.3 is 19.7 Å². The van der Waals surface area contributed by atoms with Gasteiger partial charge in [-0.25, -0.2) is 8.78 Å². The van der Waals surface area contributed by atoms with E-state index >= 15 is 0 Å². The highest BCUT2D eigenvalue weighted by Crippen LogP contribution is 2.29. The Kier molecular flexibility index (Phi) is 10.0. The van der Waals surface area contributed by atoms with Gasteiger partial charge in [-0.2, -0.15) is 0 Å². The molecule has 0 aliphatic carbocycles. The van der Waals surface area contributed by atoms with Gasteiger partial charge >= 0.3 is 0 Å². The number of phenols is 2. The molecule has 0 spiro atoms. The molecule has 6 nitrogen and oxygen atoms in total. The van der Waals surface area contributed by atoms with E-state index in [1.165, 1.54) is 20.3 Å². The van der Waals surface area contributed by atoms with Crippen LogP contribution < -0.4 is 9.47 Å². The lowest BCUT2D eigenvalue weighted by molar-refractivity contribution is 0.111. The van der Waals surface area contributed by atoms with Crippen LogP contribution in [0.5, 0.6) is 23.0 Å². The average molecular weight is 370 g/mol. The molecule has 0 aromatic heterocycles. The second kappa shape index (κ2) is 11.4. The fourth-order valence-electron chi connectivity index (χ4n) is 1.62. The van der Waals surface area contributed by atoms with Crippen molar-refractivity contribution in [3.8, 4) is 23.0 Å². The van der Waals surface area contributed by atoms with Gasteiger partial charge in [-0.05, 0) is 12.1 Å². The monoisotopic (exact) mass is 370 g/mol. The van der Waals surface area contributed by atoms with Crippen molar-refractivity contribution >= 4 is 12.6 Å². The van der Waals surface area contributed by atoms with Gasteiger partial charge in [0.25, 0.3) is 0 Å². The fourth-order valence-corrected chi connectivity index (χ4v) is 1.62. The minimum absolute atomic E-state index is 0.0438. The highest BCUT2D eigenvalue weighted by molar-refractivity contribution is 5.77. The quantitative estimate of drug-likeness (QED) is 0.629. The molecular weight excluding hydrogens is 350 g/mol. The third-order valence-corrected chi connectivity index (χ3v) is 2.85. The van der Waals surface area contributed by atoms with Crippen LogP contribution in [0.2, 0.25) is 0 Å². The zero-order chi connectivity index (χ0) is 20.3. The molecule has 0 amide bonds. The summed E-state index contributed by atoms with van der Waals surface area (Å²) in [4.78, 5) is 20.4. The summed E-state index contributed by atoms with van der Waals surface area (Å²) in [5.74, 6) is -1.94. The van der Waals surface area contributed by atoms with Gasteiger partial charge in [0.2, 0.25) is 0 Å². The largest absolute Gasteiger partial charge is 0.504 e. The first-order valence-corrected chi connectivity index (χ1v) is 7.41. The number of hydrogen-bond acceptors (Lipinski definition) is 6. The number of halogens is 2. The first-order chi connectivity index (χ1) is 12.4. The van der Waals surface area contributed by atoms with Crippen LogP contribution in [-0.4, -0.2) is 37.0 Å². The van der Waals surface area contributed by atoms with Crippen LogP contribution in [0.4, 0.5) is 8.78 Å². The van der Waals surface area contributed by atoms with Gasteiger partial charge in [0.1, 0.15) is 11.6 Å². The van der Waals surface area contributed by atoms with Gasteiger partial charge in [0.15, 0.2) is 35.6 Å². The van der Waals surface area contributed by atoms with Crippen LogP contribution in [0.1, 0.15) is 34.6 Å². The minimum atomic E-state index is -0.852. The molecule has 2 aromatic carbocycles. The first-order valence-electron chi connectivity index (χ1n) is 7.41. The Morgan fingerprint density at radius 3 is 1.62 bits per heavy atom. The Hall–Kier alpha value is -3.16. The van der Waals surface area contributed by atoms with E-state index in [2.05, 4.69) is 0 Å². The van der Waals surface area contributed by atoms with Crippen LogP contribution in [0, 0.1) is 11.6 Å². The number of carbonyl (C=O) groups is 2. The Balaban J connectivity index is 0.000000444. The van der Waals surface area contributed by atoms with E-state index in [1.807, 2.05) is 13.8 Å². The number of benzene rings is 2. The molecule has 0 atom stereocenters. The van der Waals surface area contributed by atoms with Crippen molar-refractivity contribution in [1.82, 2.24) is 0 Å². The molecule has 8 heteroatoms. The van der Waals surface area contributed by atoms with Gasteiger partial charge in [-0.3, -0.25) is 9.59 Å². The van der Waals surface area contributed by atoms with Crippen molar-refractivity contribution in [2.45, 2.75) is 13.8 Å². The van der Waals surface area contributed by atoms with E-state index in [0.29, 0.717) is 18.1 Å². The Morgan fingerprint density at radius 1 is 0.769 bits per heavy atom. The second-order valence-electron chi connectivity index (χ2n) is 4.33. The molecule has 142 valence electrons. The van der Waals surface area contributed by atoms with E-state index in [4.69, 9.17) is 19.7 Å². The molecule has 0 heterocycles. The smallest absolute Gasteiger partial charge is 0.163 e. The lowest BCUT2D eigenvalue weighted by Crippen LogP contribution is -1.95. The van der Waals surface area contributed by atoms with Gasteiger partial charge in [-0.15, -0.1) is 0 Å². The van der Waals surface area contributed by atoms with Crippen molar-refractivity contribution in [3.05, 3.63) is 47.0 Å². The molecule has 2 N–H and O–H groups in total. The number of ether oxygens (including phenoxy) is 2. The summed E-state index contributed by atoms with van der Waals surface area (Å²) >= 11 is 0. The molecule has 2 aromatic rings. The molecular formula is C18H20F2O6. The molecule has 0 saturated carbocycles. The molecule has 0 aliphatic heterocycles. The van der Waals surface area contributed by atoms with E-state index in [9.17, 15) is 18.4 Å². The Bertz CT molecular complexity index is 747. The lowest BCUT2D eigenvalue weighted by Gasteiger charge is -2.07. The number of methoxy groups -OCH3 is 2. The third kappa shape index (κ3) is 6.04. The molecule has 0 aliphatic rings. The maximum atomic E-state index is 13.0. The summed E-state index contributed by atoms with van der Waals surface area (Å²) in [6.45, 7) is 4.00. The summed E-state index contributed by atoms with van der Waals surface area (Å²) in [6, 6.07) is 3.94. The molecule has 0 saturated heterocycles. The average Bonchev–Trinajstić information content (AvgIpc) is 2.66. The minimum Gasteiger partial charge on any atom is -0.504 e. The number of phenolic OH excluding ortho intramolecular Hbond substituents is 2. The molecule has 2 rings (SSSR count). The van der Waals surface area contributed by atoms with Crippen LogP contribution in [0.15, 0.2) is 24.3 Å². The highest BCUT2D eigenvalue weighted by Gasteiger charge is 2.09. The van der Waals surface area contributed by atoms with Gasteiger partial charge in [0.05, 0.1) is 25.3 Å². The van der Waals surface area contributed by atoms with E-state index in [0.717, 1.165) is 12.1 Å². The maximum Gasteiger partial charge on any atom is 0.163 e.